The highest BCUT2D eigenvalue weighted by molar-refractivity contribution is 9.08. The number of halogens is 3. The number of nitrogens with zero attached hydrogens (tertiary/aromatic N) is 4. The smallest absolute Gasteiger partial charge is 0.272 e. The van der Waals surface area contributed by atoms with Crippen LogP contribution in [-0.2, 0) is 25.0 Å². The molecular formula is C32H33BrF2N4O5. The Labute approximate surface area is 261 Å². The first kappa shape index (κ1) is 31.5. The van der Waals surface area contributed by atoms with E-state index in [-0.39, 0.29) is 34.8 Å². The summed E-state index contributed by atoms with van der Waals surface area (Å²) in [6.45, 7) is 0.807. The molecule has 2 aliphatic carbocycles. The standard InChI is InChI=1S/C16H16BrFN2O2.C16H17FN2O3/c1-22-15-5-4-11(6-13(15)18)14-7-12(8-17)16(21)20(19-14)9-10-2-3-10;1-22-15-5-4-11(6-13(15)17)14-7-12(9-20)16(21)19(18-14)8-10-2-3-10/h4-7,10H,2-3,8-9H2,1H3;4-7,10,20H,2-3,8-9H2,1H3. The van der Waals surface area contributed by atoms with Crippen LogP contribution in [0.1, 0.15) is 36.8 Å². The molecular weight excluding hydrogens is 638 g/mol. The predicted molar refractivity (Wildman–Crippen MR) is 165 cm³/mol. The van der Waals surface area contributed by atoms with Crippen molar-refractivity contribution < 1.29 is 23.4 Å². The van der Waals surface area contributed by atoms with Gasteiger partial charge in [-0.2, -0.15) is 10.2 Å². The lowest BCUT2D eigenvalue weighted by atomic mass is 10.1. The van der Waals surface area contributed by atoms with Gasteiger partial charge in [-0.05, 0) is 86.1 Å². The molecule has 12 heteroatoms. The number of aliphatic hydroxyl groups is 1. The summed E-state index contributed by atoms with van der Waals surface area (Å²) in [5, 5.41) is 18.5. The molecule has 4 aromatic rings. The highest BCUT2D eigenvalue weighted by atomic mass is 79.9. The van der Waals surface area contributed by atoms with Gasteiger partial charge in [0.05, 0.1) is 32.2 Å². The van der Waals surface area contributed by atoms with Crippen molar-refractivity contribution in [1.82, 2.24) is 19.6 Å². The Morgan fingerprint density at radius 3 is 1.57 bits per heavy atom. The fraction of sp³-hybridized carbons (Fsp3) is 0.375. The second kappa shape index (κ2) is 13.8. The lowest BCUT2D eigenvalue weighted by Crippen LogP contribution is -2.27. The Kier molecular flexibility index (Phi) is 9.90. The van der Waals surface area contributed by atoms with Crippen LogP contribution >= 0.6 is 15.9 Å². The molecule has 2 saturated carbocycles. The number of methoxy groups -OCH3 is 2. The highest BCUT2D eigenvalue weighted by Gasteiger charge is 2.25. The monoisotopic (exact) mass is 670 g/mol. The van der Waals surface area contributed by atoms with E-state index >= 15 is 0 Å². The molecule has 232 valence electrons. The second-order valence-corrected chi connectivity index (χ2v) is 11.5. The molecule has 44 heavy (non-hydrogen) atoms. The first-order chi connectivity index (χ1) is 21.2. The van der Waals surface area contributed by atoms with Crippen LogP contribution in [0.25, 0.3) is 22.5 Å². The largest absolute Gasteiger partial charge is 0.494 e. The van der Waals surface area contributed by atoms with Crippen molar-refractivity contribution in [2.75, 3.05) is 14.2 Å². The second-order valence-electron chi connectivity index (χ2n) is 11.0. The average molecular weight is 672 g/mol. The number of aromatic nitrogens is 4. The summed E-state index contributed by atoms with van der Waals surface area (Å²) in [6, 6.07) is 12.4. The van der Waals surface area contributed by atoms with Crippen molar-refractivity contribution >= 4 is 15.9 Å². The van der Waals surface area contributed by atoms with Crippen molar-refractivity contribution in [1.29, 1.82) is 0 Å². The summed E-state index contributed by atoms with van der Waals surface area (Å²) >= 11 is 3.33. The molecule has 2 heterocycles. The van der Waals surface area contributed by atoms with E-state index in [2.05, 4.69) is 26.1 Å². The van der Waals surface area contributed by atoms with Gasteiger partial charge in [0.1, 0.15) is 0 Å². The molecule has 0 unspecified atom stereocenters. The summed E-state index contributed by atoms with van der Waals surface area (Å²) in [5.74, 6) is 0.415. The minimum absolute atomic E-state index is 0.0819. The van der Waals surface area contributed by atoms with Gasteiger partial charge >= 0.3 is 0 Å². The number of rotatable bonds is 10. The van der Waals surface area contributed by atoms with Crippen molar-refractivity contribution in [2.24, 2.45) is 11.8 Å². The van der Waals surface area contributed by atoms with E-state index in [0.29, 0.717) is 58.3 Å². The maximum absolute atomic E-state index is 13.9. The Morgan fingerprint density at radius 1 is 0.773 bits per heavy atom. The van der Waals surface area contributed by atoms with Gasteiger partial charge in [0, 0.05) is 40.7 Å². The number of alkyl halides is 1. The molecule has 2 aromatic heterocycles. The first-order valence-electron chi connectivity index (χ1n) is 14.3. The third kappa shape index (κ3) is 7.41. The van der Waals surface area contributed by atoms with Crippen LogP contribution in [0.3, 0.4) is 0 Å². The summed E-state index contributed by atoms with van der Waals surface area (Å²) in [5.41, 5.74) is 2.75. The number of ether oxygens (including phenoxy) is 2. The van der Waals surface area contributed by atoms with E-state index < -0.39 is 11.6 Å². The Balaban J connectivity index is 0.000000175. The number of hydrogen-bond acceptors (Lipinski definition) is 7. The Morgan fingerprint density at radius 2 is 1.20 bits per heavy atom. The minimum atomic E-state index is -0.493. The lowest BCUT2D eigenvalue weighted by Gasteiger charge is -2.10. The summed E-state index contributed by atoms with van der Waals surface area (Å²) in [7, 11) is 2.82. The van der Waals surface area contributed by atoms with Crippen LogP contribution in [0.4, 0.5) is 8.78 Å². The highest BCUT2D eigenvalue weighted by Crippen LogP contribution is 2.31. The van der Waals surface area contributed by atoms with Crippen LogP contribution in [0, 0.1) is 23.5 Å². The molecule has 0 spiro atoms. The Hall–Kier alpha value is -3.90. The van der Waals surface area contributed by atoms with Crippen LogP contribution < -0.4 is 20.6 Å². The molecule has 0 aliphatic heterocycles. The predicted octanol–water partition coefficient (Wildman–Crippen LogP) is 5.32. The summed E-state index contributed by atoms with van der Waals surface area (Å²) in [4.78, 5) is 24.5. The Bertz CT molecular complexity index is 1640. The van der Waals surface area contributed by atoms with Crippen LogP contribution in [0.5, 0.6) is 11.5 Å². The molecule has 0 amide bonds. The van der Waals surface area contributed by atoms with Crippen LogP contribution in [0.15, 0.2) is 58.1 Å². The number of aliphatic hydroxyl groups excluding tert-OH is 1. The number of hydrogen-bond donors (Lipinski definition) is 1. The van der Waals surface area contributed by atoms with Crippen molar-refractivity contribution in [2.45, 2.75) is 50.7 Å². The minimum Gasteiger partial charge on any atom is -0.494 e. The third-order valence-corrected chi connectivity index (χ3v) is 8.17. The zero-order valence-electron chi connectivity index (χ0n) is 24.4. The molecule has 0 bridgehead atoms. The van der Waals surface area contributed by atoms with Gasteiger partial charge in [-0.3, -0.25) is 9.59 Å². The zero-order chi connectivity index (χ0) is 31.4. The fourth-order valence-electron chi connectivity index (χ4n) is 4.67. The number of benzene rings is 2. The molecule has 9 nitrogen and oxygen atoms in total. The van der Waals surface area contributed by atoms with Crippen LogP contribution in [0.2, 0.25) is 0 Å². The first-order valence-corrected chi connectivity index (χ1v) is 15.4. The average Bonchev–Trinajstić information content (AvgIpc) is 3.97. The zero-order valence-corrected chi connectivity index (χ0v) is 26.0. The van der Waals surface area contributed by atoms with Gasteiger partial charge in [0.15, 0.2) is 23.1 Å². The molecule has 0 radical (unpaired) electrons. The SMILES string of the molecule is COc1ccc(-c2cc(CBr)c(=O)n(CC3CC3)n2)cc1F.COc1ccc(-c2cc(CO)c(=O)n(CC3CC3)n2)cc1F. The van der Waals surface area contributed by atoms with E-state index in [1.807, 2.05) is 0 Å². The van der Waals surface area contributed by atoms with E-state index in [0.717, 1.165) is 25.7 Å². The van der Waals surface area contributed by atoms with Crippen LogP contribution in [-0.4, -0.2) is 38.9 Å². The topological polar surface area (TPSA) is 108 Å². The molecule has 2 aliphatic rings. The molecule has 2 aromatic carbocycles. The normalized spacial score (nSPS) is 14.1. The van der Waals surface area contributed by atoms with Gasteiger partial charge in [0.25, 0.3) is 11.1 Å². The molecule has 2 fully saturated rings. The van der Waals surface area contributed by atoms with Gasteiger partial charge in [-0.1, -0.05) is 15.9 Å². The maximum atomic E-state index is 13.9. The van der Waals surface area contributed by atoms with Gasteiger partial charge in [-0.25, -0.2) is 18.1 Å². The van der Waals surface area contributed by atoms with Crippen molar-refractivity contribution in [3.63, 3.8) is 0 Å². The molecule has 0 saturated heterocycles. The summed E-state index contributed by atoms with van der Waals surface area (Å²) < 4.78 is 40.4. The van der Waals surface area contributed by atoms with E-state index in [9.17, 15) is 23.5 Å². The molecule has 0 atom stereocenters. The quantitative estimate of drug-likeness (QED) is 0.228. The van der Waals surface area contributed by atoms with Crippen molar-refractivity contribution in [3.05, 3.63) is 92.0 Å². The maximum Gasteiger partial charge on any atom is 0.272 e. The van der Waals surface area contributed by atoms with Gasteiger partial charge in [0.2, 0.25) is 0 Å². The fourth-order valence-corrected chi connectivity index (χ4v) is 5.08. The van der Waals surface area contributed by atoms with E-state index in [1.165, 1.54) is 47.8 Å². The van der Waals surface area contributed by atoms with Gasteiger partial charge in [-0.15, -0.1) is 0 Å². The van der Waals surface area contributed by atoms with Crippen molar-refractivity contribution in [3.8, 4) is 34.0 Å². The third-order valence-electron chi connectivity index (χ3n) is 7.56. The van der Waals surface area contributed by atoms with E-state index in [4.69, 9.17) is 9.47 Å². The van der Waals surface area contributed by atoms with Gasteiger partial charge < -0.3 is 14.6 Å². The molecule has 1 N–H and O–H groups in total. The van der Waals surface area contributed by atoms with E-state index in [1.54, 1.807) is 24.3 Å². The molecule has 6 rings (SSSR count). The summed E-state index contributed by atoms with van der Waals surface area (Å²) in [6.07, 6.45) is 4.45. The lowest BCUT2D eigenvalue weighted by molar-refractivity contribution is 0.278.